The van der Waals surface area contributed by atoms with Crippen molar-refractivity contribution in [3.63, 3.8) is 0 Å². The van der Waals surface area contributed by atoms with Gasteiger partial charge in [-0.3, -0.25) is 4.79 Å². The van der Waals surface area contributed by atoms with Crippen molar-refractivity contribution < 1.29 is 15.0 Å². The monoisotopic (exact) mass is 222 g/mol. The van der Waals surface area contributed by atoms with Crippen LogP contribution < -0.4 is 10.1 Å². The molecule has 4 nitrogen and oxygen atoms in total. The lowest BCUT2D eigenvalue weighted by Gasteiger charge is -2.08. The summed E-state index contributed by atoms with van der Waals surface area (Å²) < 4.78 is 36.0. The summed E-state index contributed by atoms with van der Waals surface area (Å²) in [5.41, 5.74) is -0.761. The Morgan fingerprint density at radius 3 is 3.12 bits per heavy atom. The summed E-state index contributed by atoms with van der Waals surface area (Å²) in [5.74, 6) is -0.568. The third-order valence-corrected chi connectivity index (χ3v) is 2.96. The van der Waals surface area contributed by atoms with Crippen molar-refractivity contribution in [2.24, 2.45) is 0 Å². The van der Waals surface area contributed by atoms with Crippen LogP contribution >= 0.6 is 0 Å². The molecular formula is C12H14N2O2. The molecule has 1 N–H and O–H groups in total. The molecule has 1 aliphatic carbocycles. The highest BCUT2D eigenvalue weighted by Gasteiger charge is 2.52. The van der Waals surface area contributed by atoms with Gasteiger partial charge < -0.3 is 10.1 Å². The molecule has 1 saturated carbocycles. The van der Waals surface area contributed by atoms with Crippen LogP contribution in [0.4, 0.5) is 0 Å². The Hall–Kier alpha value is -1.58. The second kappa shape index (κ2) is 3.20. The van der Waals surface area contributed by atoms with Gasteiger partial charge in [0.2, 0.25) is 11.8 Å². The van der Waals surface area contributed by atoms with E-state index >= 15 is 0 Å². The van der Waals surface area contributed by atoms with Crippen LogP contribution in [0.3, 0.4) is 0 Å². The van der Waals surface area contributed by atoms with Crippen LogP contribution in [-0.4, -0.2) is 23.5 Å². The van der Waals surface area contributed by atoms with Crippen molar-refractivity contribution in [1.82, 2.24) is 10.3 Å². The molecule has 1 amide bonds. The summed E-state index contributed by atoms with van der Waals surface area (Å²) in [6.07, 6.45) is -2.47. The largest absolute Gasteiger partial charge is 0.481 e. The van der Waals surface area contributed by atoms with Gasteiger partial charge in [-0.1, -0.05) is 0 Å². The smallest absolute Gasteiger partial charge is 0.228 e. The fraction of sp³-hybridized carbons (Fsp3) is 0.500. The number of aromatic nitrogens is 1. The van der Waals surface area contributed by atoms with Gasteiger partial charge in [0.15, 0.2) is 0 Å². The molecule has 2 heterocycles. The number of amides is 1. The van der Waals surface area contributed by atoms with Crippen molar-refractivity contribution >= 4 is 5.91 Å². The van der Waals surface area contributed by atoms with E-state index in [0.717, 1.165) is 0 Å². The molecule has 0 radical (unpaired) electrons. The van der Waals surface area contributed by atoms with Gasteiger partial charge in [-0.2, -0.15) is 0 Å². The molecule has 2 aliphatic rings. The lowest BCUT2D eigenvalue weighted by atomic mass is 9.96. The first kappa shape index (κ1) is 6.23. The second-order valence-electron chi connectivity index (χ2n) is 4.03. The van der Waals surface area contributed by atoms with Crippen LogP contribution in [0.15, 0.2) is 18.3 Å². The van der Waals surface area contributed by atoms with Crippen LogP contribution in [0.1, 0.15) is 36.1 Å². The SMILES string of the molecule is [2H]C1([2H])C([2H])([2H])C12CC(c1ccnc(OC)c1)C(=O)N2. The molecule has 1 spiro atoms. The normalized spacial score (nSPS) is 35.6. The topological polar surface area (TPSA) is 51.2 Å². The van der Waals surface area contributed by atoms with Gasteiger partial charge in [0.25, 0.3) is 0 Å². The number of carbonyl (C=O) groups is 1. The Balaban J connectivity index is 1.93. The lowest BCUT2D eigenvalue weighted by Crippen LogP contribution is -2.27. The van der Waals surface area contributed by atoms with Crippen molar-refractivity contribution in [2.75, 3.05) is 7.11 Å². The Morgan fingerprint density at radius 1 is 1.69 bits per heavy atom. The van der Waals surface area contributed by atoms with E-state index in [1.807, 2.05) is 0 Å². The molecule has 2 fully saturated rings. The number of nitrogens with one attached hydrogen (secondary N) is 1. The average molecular weight is 222 g/mol. The number of rotatable bonds is 2. The number of carbonyl (C=O) groups excluding carboxylic acids is 1. The Labute approximate surface area is 99.6 Å². The van der Waals surface area contributed by atoms with E-state index in [-0.39, 0.29) is 12.3 Å². The van der Waals surface area contributed by atoms with Crippen LogP contribution in [0.2, 0.25) is 0 Å². The highest BCUT2D eigenvalue weighted by atomic mass is 16.5. The molecule has 1 saturated heterocycles. The Bertz CT molecular complexity index is 577. The van der Waals surface area contributed by atoms with Gasteiger partial charge in [0.1, 0.15) is 0 Å². The van der Waals surface area contributed by atoms with Crippen molar-refractivity contribution in [1.29, 1.82) is 0 Å². The van der Waals surface area contributed by atoms with Crippen molar-refractivity contribution in [3.8, 4) is 5.88 Å². The third-order valence-electron chi connectivity index (χ3n) is 2.96. The third kappa shape index (κ3) is 1.45. The van der Waals surface area contributed by atoms with Crippen molar-refractivity contribution in [2.45, 2.75) is 30.6 Å². The number of methoxy groups -OCH3 is 1. The van der Waals surface area contributed by atoms with E-state index in [1.165, 1.54) is 13.3 Å². The molecule has 1 aromatic heterocycles. The molecule has 1 aromatic rings. The standard InChI is InChI=1S/C12H14N2O2/c1-16-10-6-8(2-5-13-10)9-7-12(3-4-12)14-11(9)15/h2,5-6,9H,3-4,7H2,1H3,(H,14,15)/i3D2,4D2. The zero-order valence-electron chi connectivity index (χ0n) is 12.8. The minimum absolute atomic E-state index is 0.0962. The minimum Gasteiger partial charge on any atom is -0.481 e. The summed E-state index contributed by atoms with van der Waals surface area (Å²) in [6.45, 7) is 0. The summed E-state index contributed by atoms with van der Waals surface area (Å²) in [7, 11) is 1.47. The van der Waals surface area contributed by atoms with Gasteiger partial charge in [-0.05, 0) is 30.8 Å². The summed E-state index contributed by atoms with van der Waals surface area (Å²) in [4.78, 5) is 16.1. The van der Waals surface area contributed by atoms with Gasteiger partial charge in [-0.25, -0.2) is 4.98 Å². The maximum absolute atomic E-state index is 12.1. The number of hydrogen-bond acceptors (Lipinski definition) is 3. The first-order valence-corrected chi connectivity index (χ1v) is 5.09. The quantitative estimate of drug-likeness (QED) is 0.818. The maximum Gasteiger partial charge on any atom is 0.228 e. The van der Waals surface area contributed by atoms with E-state index in [0.29, 0.717) is 11.4 Å². The maximum atomic E-state index is 12.1. The fourth-order valence-electron chi connectivity index (χ4n) is 2.01. The molecule has 0 aromatic carbocycles. The fourth-order valence-corrected chi connectivity index (χ4v) is 2.01. The molecule has 16 heavy (non-hydrogen) atoms. The Kier molecular flexibility index (Phi) is 1.25. The number of pyridine rings is 1. The molecule has 1 unspecified atom stereocenters. The van der Waals surface area contributed by atoms with Crippen LogP contribution in [0.5, 0.6) is 5.88 Å². The highest BCUT2D eigenvalue weighted by molar-refractivity contribution is 5.87. The molecular weight excluding hydrogens is 204 g/mol. The van der Waals surface area contributed by atoms with E-state index in [2.05, 4.69) is 10.3 Å². The molecule has 1 aliphatic heterocycles. The summed E-state index contributed by atoms with van der Waals surface area (Å²) in [5, 5.41) is 2.52. The minimum atomic E-state index is -2.04. The summed E-state index contributed by atoms with van der Waals surface area (Å²) in [6, 6.07) is 3.29. The summed E-state index contributed by atoms with van der Waals surface area (Å²) >= 11 is 0. The van der Waals surface area contributed by atoms with Gasteiger partial charge >= 0.3 is 0 Å². The zero-order chi connectivity index (χ0) is 14.8. The van der Waals surface area contributed by atoms with Crippen LogP contribution in [-0.2, 0) is 4.79 Å². The van der Waals surface area contributed by atoms with Crippen molar-refractivity contribution in [3.05, 3.63) is 23.9 Å². The lowest BCUT2D eigenvalue weighted by molar-refractivity contribution is -0.120. The first-order chi connectivity index (χ1) is 9.27. The number of ether oxygens (including phenoxy) is 1. The van der Waals surface area contributed by atoms with E-state index in [1.54, 1.807) is 12.1 Å². The molecule has 0 bridgehead atoms. The van der Waals surface area contributed by atoms with E-state index in [9.17, 15) is 4.79 Å². The molecule has 1 atom stereocenters. The predicted octanol–water partition coefficient (Wildman–Crippen LogP) is 1.23. The molecule has 84 valence electrons. The number of nitrogens with zero attached hydrogens (tertiary/aromatic N) is 1. The molecule has 4 heteroatoms. The van der Waals surface area contributed by atoms with Gasteiger partial charge in [0, 0.05) is 23.3 Å². The number of hydrogen-bond donors (Lipinski definition) is 1. The molecule has 3 rings (SSSR count). The van der Waals surface area contributed by atoms with Crippen LogP contribution in [0.25, 0.3) is 0 Å². The average Bonchev–Trinajstić information content (AvgIpc) is 2.71. The predicted molar refractivity (Wildman–Crippen MR) is 58.3 cm³/mol. The van der Waals surface area contributed by atoms with Crippen LogP contribution in [0, 0.1) is 0 Å². The van der Waals surface area contributed by atoms with Gasteiger partial charge in [-0.15, -0.1) is 0 Å². The van der Waals surface area contributed by atoms with E-state index in [4.69, 9.17) is 10.2 Å². The second-order valence-corrected chi connectivity index (χ2v) is 4.03. The van der Waals surface area contributed by atoms with Gasteiger partial charge in [0.05, 0.1) is 13.0 Å². The van der Waals surface area contributed by atoms with E-state index < -0.39 is 24.2 Å². The first-order valence-electron chi connectivity index (χ1n) is 7.09. The highest BCUT2D eigenvalue weighted by Crippen LogP contribution is 2.48. The Morgan fingerprint density at radius 2 is 2.50 bits per heavy atom. The zero-order valence-corrected chi connectivity index (χ0v) is 8.78.